The summed E-state index contributed by atoms with van der Waals surface area (Å²) in [5.41, 5.74) is 3.32. The average Bonchev–Trinajstić information content (AvgIpc) is 2.87. The summed E-state index contributed by atoms with van der Waals surface area (Å²) in [5, 5.41) is 12.5. The van der Waals surface area contributed by atoms with Crippen LogP contribution in [0.3, 0.4) is 0 Å². The zero-order valence-corrected chi connectivity index (χ0v) is 18.8. The van der Waals surface area contributed by atoms with Crippen LogP contribution in [0.25, 0.3) is 23.1 Å². The molecule has 2 aromatic carbocycles. The van der Waals surface area contributed by atoms with Crippen LogP contribution in [-0.4, -0.2) is 41.2 Å². The summed E-state index contributed by atoms with van der Waals surface area (Å²) in [7, 11) is 1.64. The van der Waals surface area contributed by atoms with Crippen LogP contribution in [-0.2, 0) is 0 Å². The molecule has 3 saturated heterocycles. The van der Waals surface area contributed by atoms with Crippen molar-refractivity contribution in [1.82, 2.24) is 9.88 Å². The third-order valence-corrected chi connectivity index (χ3v) is 7.22. The van der Waals surface area contributed by atoms with Crippen LogP contribution in [0.15, 0.2) is 61.2 Å². The van der Waals surface area contributed by atoms with E-state index in [0.29, 0.717) is 11.8 Å². The molecular formula is C28H29FN2O2. The Morgan fingerprint density at radius 2 is 2.00 bits per heavy atom. The van der Waals surface area contributed by atoms with Crippen molar-refractivity contribution < 1.29 is 14.2 Å². The maximum Gasteiger partial charge on any atom is 0.123 e. The Bertz CT molecular complexity index is 1190. The molecule has 3 aliphatic heterocycles. The average molecular weight is 445 g/mol. The van der Waals surface area contributed by atoms with Gasteiger partial charge in [-0.05, 0) is 84.8 Å². The van der Waals surface area contributed by atoms with Crippen LogP contribution in [0.2, 0.25) is 0 Å². The molecule has 6 rings (SSSR count). The van der Waals surface area contributed by atoms with Crippen molar-refractivity contribution in [1.29, 1.82) is 0 Å². The number of hydrogen-bond donors (Lipinski definition) is 1. The summed E-state index contributed by atoms with van der Waals surface area (Å²) < 4.78 is 18.7. The van der Waals surface area contributed by atoms with E-state index in [1.807, 2.05) is 36.4 Å². The second-order valence-corrected chi connectivity index (χ2v) is 9.10. The molecule has 0 radical (unpaired) electrons. The SMILES string of the molecule is C=C[C@H]1CN2CC[C@H]1C[C@H]2[C@H](O)c1cc(/C=C/c2ccc(F)cc2)nc2ccc(OC)cc12. The number of hydrogen-bond acceptors (Lipinski definition) is 4. The van der Waals surface area contributed by atoms with Crippen LogP contribution in [0, 0.1) is 17.7 Å². The maximum atomic E-state index is 13.2. The minimum absolute atomic E-state index is 0.0747. The first-order valence-corrected chi connectivity index (χ1v) is 11.5. The topological polar surface area (TPSA) is 45.6 Å². The zero-order chi connectivity index (χ0) is 22.9. The number of fused-ring (bicyclic) bond motifs is 4. The molecule has 1 aromatic heterocycles. The molecule has 2 bridgehead atoms. The number of piperidine rings is 3. The van der Waals surface area contributed by atoms with Gasteiger partial charge < -0.3 is 9.84 Å². The Balaban J connectivity index is 1.53. The quantitative estimate of drug-likeness (QED) is 0.511. The summed E-state index contributed by atoms with van der Waals surface area (Å²) in [4.78, 5) is 7.20. The van der Waals surface area contributed by atoms with Crippen LogP contribution in [0.5, 0.6) is 5.75 Å². The third kappa shape index (κ3) is 4.31. The fourth-order valence-corrected chi connectivity index (χ4v) is 5.38. The van der Waals surface area contributed by atoms with Gasteiger partial charge in [0.2, 0.25) is 0 Å². The van der Waals surface area contributed by atoms with E-state index in [1.54, 1.807) is 19.2 Å². The van der Waals surface area contributed by atoms with Crippen LogP contribution in [0.4, 0.5) is 4.39 Å². The van der Waals surface area contributed by atoms with Gasteiger partial charge in [0.05, 0.1) is 24.4 Å². The molecule has 4 nitrogen and oxygen atoms in total. The molecule has 3 aliphatic rings. The van der Waals surface area contributed by atoms with Crippen LogP contribution in [0.1, 0.15) is 35.8 Å². The third-order valence-electron chi connectivity index (χ3n) is 7.22. The van der Waals surface area contributed by atoms with Gasteiger partial charge in [-0.25, -0.2) is 9.37 Å². The van der Waals surface area contributed by atoms with Gasteiger partial charge in [-0.3, -0.25) is 4.90 Å². The Morgan fingerprint density at radius 1 is 1.18 bits per heavy atom. The highest BCUT2D eigenvalue weighted by molar-refractivity contribution is 5.86. The Hall–Kier alpha value is -3.02. The Kier molecular flexibility index (Phi) is 6.00. The highest BCUT2D eigenvalue weighted by Crippen LogP contribution is 2.42. The predicted octanol–water partition coefficient (Wildman–Crippen LogP) is 5.48. The molecule has 1 N–H and O–H groups in total. The number of methoxy groups -OCH3 is 1. The minimum Gasteiger partial charge on any atom is -0.497 e. The molecule has 5 heteroatoms. The van der Waals surface area contributed by atoms with Gasteiger partial charge in [-0.1, -0.05) is 24.3 Å². The second kappa shape index (κ2) is 9.08. The number of halogens is 1. The summed E-state index contributed by atoms with van der Waals surface area (Å²) >= 11 is 0. The standard InChI is InChI=1S/C28H29FN2O2/c1-3-19-17-31-13-12-20(19)14-27(31)28(32)25-15-22(9-6-18-4-7-21(29)8-5-18)30-26-11-10-23(33-2)16-24(25)26/h3-11,15-16,19-20,27-28,32H,1,12-14,17H2,2H3/b9-6+/t19-,20-,27-,28+/m0/s1. The van der Waals surface area contributed by atoms with E-state index in [4.69, 9.17) is 9.72 Å². The summed E-state index contributed by atoms with van der Waals surface area (Å²) in [6.45, 7) is 5.99. The highest BCUT2D eigenvalue weighted by Gasteiger charge is 2.42. The first-order chi connectivity index (χ1) is 16.1. The molecule has 4 heterocycles. The van der Waals surface area contributed by atoms with E-state index in [9.17, 15) is 9.50 Å². The number of aromatic nitrogens is 1. The van der Waals surface area contributed by atoms with Crippen LogP contribution < -0.4 is 4.74 Å². The van der Waals surface area contributed by atoms with E-state index in [0.717, 1.165) is 59.4 Å². The van der Waals surface area contributed by atoms with Crippen molar-refractivity contribution in [2.24, 2.45) is 11.8 Å². The summed E-state index contributed by atoms with van der Waals surface area (Å²) in [6.07, 6.45) is 7.39. The number of pyridine rings is 1. The second-order valence-electron chi connectivity index (χ2n) is 9.10. The van der Waals surface area contributed by atoms with Crippen molar-refractivity contribution in [3.8, 4) is 5.75 Å². The van der Waals surface area contributed by atoms with Crippen molar-refractivity contribution >= 4 is 23.1 Å². The largest absolute Gasteiger partial charge is 0.497 e. The maximum absolute atomic E-state index is 13.2. The smallest absolute Gasteiger partial charge is 0.123 e. The molecule has 170 valence electrons. The lowest BCUT2D eigenvalue weighted by atomic mass is 9.73. The molecule has 0 spiro atoms. The van der Waals surface area contributed by atoms with Crippen LogP contribution >= 0.6 is 0 Å². The van der Waals surface area contributed by atoms with Crippen molar-refractivity contribution in [2.45, 2.75) is 25.0 Å². The fraction of sp³-hybridized carbons (Fsp3) is 0.321. The summed E-state index contributed by atoms with van der Waals surface area (Å²) in [6, 6.07) is 14.2. The van der Waals surface area contributed by atoms with E-state index in [-0.39, 0.29) is 11.9 Å². The molecule has 3 aromatic rings. The first kappa shape index (κ1) is 21.8. The minimum atomic E-state index is -0.630. The van der Waals surface area contributed by atoms with Gasteiger partial charge in [-0.15, -0.1) is 6.58 Å². The lowest BCUT2D eigenvalue weighted by Crippen LogP contribution is -2.54. The molecule has 5 atom stereocenters. The highest BCUT2D eigenvalue weighted by atomic mass is 19.1. The normalized spacial score (nSPS) is 25.4. The lowest BCUT2D eigenvalue weighted by Gasteiger charge is -2.50. The number of aliphatic hydroxyl groups is 1. The number of benzene rings is 2. The van der Waals surface area contributed by atoms with E-state index in [2.05, 4.69) is 17.6 Å². The summed E-state index contributed by atoms with van der Waals surface area (Å²) in [5.74, 6) is 1.56. The number of aliphatic hydroxyl groups excluding tert-OH is 1. The van der Waals surface area contributed by atoms with Gasteiger partial charge in [0.25, 0.3) is 0 Å². The molecule has 0 amide bonds. The van der Waals surface area contributed by atoms with E-state index in [1.165, 1.54) is 12.1 Å². The van der Waals surface area contributed by atoms with Gasteiger partial charge >= 0.3 is 0 Å². The number of nitrogens with zero attached hydrogens (tertiary/aromatic N) is 2. The van der Waals surface area contributed by atoms with Crippen molar-refractivity contribution in [2.75, 3.05) is 20.2 Å². The molecule has 1 unspecified atom stereocenters. The first-order valence-electron chi connectivity index (χ1n) is 11.5. The van der Waals surface area contributed by atoms with Crippen molar-refractivity contribution in [3.63, 3.8) is 0 Å². The molecular weight excluding hydrogens is 415 g/mol. The monoisotopic (exact) mass is 444 g/mol. The lowest BCUT2D eigenvalue weighted by molar-refractivity contribution is -0.0444. The molecule has 3 fully saturated rings. The van der Waals surface area contributed by atoms with Gasteiger partial charge in [0.15, 0.2) is 0 Å². The van der Waals surface area contributed by atoms with E-state index >= 15 is 0 Å². The van der Waals surface area contributed by atoms with E-state index < -0.39 is 6.10 Å². The molecule has 33 heavy (non-hydrogen) atoms. The van der Waals surface area contributed by atoms with Gasteiger partial charge in [0, 0.05) is 18.0 Å². The zero-order valence-electron chi connectivity index (χ0n) is 18.8. The molecule has 0 saturated carbocycles. The van der Waals surface area contributed by atoms with Gasteiger partial charge in [-0.2, -0.15) is 0 Å². The van der Waals surface area contributed by atoms with Gasteiger partial charge in [0.1, 0.15) is 11.6 Å². The Morgan fingerprint density at radius 3 is 2.70 bits per heavy atom. The Labute approximate surface area is 194 Å². The number of ether oxygens (including phenoxy) is 1. The fourth-order valence-electron chi connectivity index (χ4n) is 5.38. The molecule has 0 aliphatic carbocycles. The number of rotatable bonds is 6. The predicted molar refractivity (Wildman–Crippen MR) is 130 cm³/mol. The van der Waals surface area contributed by atoms with Crippen molar-refractivity contribution in [3.05, 3.63) is 83.8 Å².